The van der Waals surface area contributed by atoms with E-state index >= 15 is 0 Å². The number of aryl methyl sites for hydroxylation is 1. The van der Waals surface area contributed by atoms with Crippen LogP contribution in [0.5, 0.6) is 0 Å². The zero-order valence-corrected chi connectivity index (χ0v) is 16.9. The highest BCUT2D eigenvalue weighted by atomic mass is 16.2. The average molecular weight is 405 g/mol. The number of carbonyl (C=O) groups excluding carboxylic acids is 1. The molecule has 2 bridgehead atoms. The Hall–Kier alpha value is -3.49. The molecule has 154 valence electrons. The van der Waals surface area contributed by atoms with Crippen LogP contribution in [0.2, 0.25) is 0 Å². The molecule has 5 heterocycles. The molecule has 0 unspecified atom stereocenters. The van der Waals surface area contributed by atoms with Gasteiger partial charge in [-0.2, -0.15) is 0 Å². The maximum atomic E-state index is 13.2. The third kappa shape index (κ3) is 2.97. The fourth-order valence-corrected chi connectivity index (χ4v) is 4.67. The van der Waals surface area contributed by atoms with Gasteiger partial charge in [0.15, 0.2) is 11.5 Å². The van der Waals surface area contributed by atoms with Gasteiger partial charge in [-0.3, -0.25) is 9.59 Å². The van der Waals surface area contributed by atoms with Gasteiger partial charge in [-0.05, 0) is 36.6 Å². The van der Waals surface area contributed by atoms with Crippen molar-refractivity contribution in [3.8, 4) is 11.4 Å². The van der Waals surface area contributed by atoms with Crippen LogP contribution in [0.25, 0.3) is 11.4 Å². The molecule has 9 heteroatoms. The van der Waals surface area contributed by atoms with E-state index in [9.17, 15) is 9.59 Å². The number of hydrogen-bond acceptors (Lipinski definition) is 6. The summed E-state index contributed by atoms with van der Waals surface area (Å²) >= 11 is 0. The number of anilines is 1. The highest BCUT2D eigenvalue weighted by Crippen LogP contribution is 2.36. The molecule has 0 spiro atoms. The molecule has 1 saturated heterocycles. The average Bonchev–Trinajstić information content (AvgIpc) is 3.19. The van der Waals surface area contributed by atoms with Crippen molar-refractivity contribution in [3.63, 3.8) is 0 Å². The first-order valence-corrected chi connectivity index (χ1v) is 10.1. The van der Waals surface area contributed by atoms with E-state index in [1.807, 2.05) is 34.5 Å². The van der Waals surface area contributed by atoms with Crippen LogP contribution < -0.4 is 15.8 Å². The van der Waals surface area contributed by atoms with Crippen LogP contribution in [-0.4, -0.2) is 50.4 Å². The molecule has 2 aliphatic rings. The van der Waals surface area contributed by atoms with Crippen molar-refractivity contribution >= 4 is 11.7 Å². The molecule has 2 atom stereocenters. The van der Waals surface area contributed by atoms with E-state index in [2.05, 4.69) is 31.5 Å². The van der Waals surface area contributed by atoms with E-state index < -0.39 is 0 Å². The van der Waals surface area contributed by atoms with Gasteiger partial charge in [-0.1, -0.05) is 0 Å². The second kappa shape index (κ2) is 7.08. The molecule has 2 aliphatic heterocycles. The zero-order valence-electron chi connectivity index (χ0n) is 16.9. The Labute approximate surface area is 173 Å². The van der Waals surface area contributed by atoms with E-state index in [1.54, 1.807) is 19.3 Å². The second-order valence-corrected chi connectivity index (χ2v) is 8.01. The number of pyridine rings is 1. The Kier molecular flexibility index (Phi) is 4.38. The van der Waals surface area contributed by atoms with Crippen LogP contribution in [0.3, 0.4) is 0 Å². The number of imidazole rings is 1. The molecular formula is C21H23N7O2. The summed E-state index contributed by atoms with van der Waals surface area (Å²) < 4.78 is 3.80. The van der Waals surface area contributed by atoms with Gasteiger partial charge in [0, 0.05) is 57.7 Å². The smallest absolute Gasteiger partial charge is 0.271 e. The SMILES string of the molecule is CNC(=O)c1ccc(N2C[C@@H]3C[C@H](C2)c2ccc(-c4nccn4C)c(=O)n2C3)nn1. The number of rotatable bonds is 3. The third-order valence-corrected chi connectivity index (χ3v) is 6.10. The summed E-state index contributed by atoms with van der Waals surface area (Å²) in [5, 5.41) is 10.9. The minimum absolute atomic E-state index is 0.0275. The first kappa shape index (κ1) is 18.5. The maximum Gasteiger partial charge on any atom is 0.271 e. The molecule has 0 radical (unpaired) electrons. The van der Waals surface area contributed by atoms with Crippen molar-refractivity contribution in [1.29, 1.82) is 0 Å². The molecule has 0 aromatic carbocycles. The molecule has 3 aromatic heterocycles. The van der Waals surface area contributed by atoms with Crippen LogP contribution in [-0.2, 0) is 13.6 Å². The predicted octanol–water partition coefficient (Wildman–Crippen LogP) is 1.02. The number of nitrogens with one attached hydrogen (secondary N) is 1. The Bertz CT molecular complexity index is 1160. The predicted molar refractivity (Wildman–Crippen MR) is 111 cm³/mol. The van der Waals surface area contributed by atoms with Crippen LogP contribution in [0.4, 0.5) is 5.82 Å². The fraction of sp³-hybridized carbons (Fsp3) is 0.381. The topological polar surface area (TPSA) is 97.9 Å². The molecule has 1 amide bonds. The Balaban J connectivity index is 1.44. The number of fused-ring (bicyclic) bond motifs is 4. The Morgan fingerprint density at radius 3 is 2.70 bits per heavy atom. The quantitative estimate of drug-likeness (QED) is 0.699. The van der Waals surface area contributed by atoms with Gasteiger partial charge in [0.05, 0.1) is 5.56 Å². The van der Waals surface area contributed by atoms with E-state index in [1.165, 1.54) is 0 Å². The largest absolute Gasteiger partial charge is 0.354 e. The number of nitrogens with zero attached hydrogens (tertiary/aromatic N) is 6. The Morgan fingerprint density at radius 1 is 1.13 bits per heavy atom. The standard InChI is InChI=1S/C21H23N7O2/c1-22-20(29)16-4-6-18(25-24-16)27-10-13-9-14(12-27)17-5-3-15(21(30)28(17)11-13)19-23-7-8-26(19)2/h3-8,13-14H,9-12H2,1-2H3,(H,22,29)/t13-,14+/m0/s1. The summed E-state index contributed by atoms with van der Waals surface area (Å²) in [6, 6.07) is 7.50. The molecule has 0 saturated carbocycles. The molecule has 3 aromatic rings. The summed E-state index contributed by atoms with van der Waals surface area (Å²) in [5.41, 5.74) is 2.03. The first-order valence-electron chi connectivity index (χ1n) is 10.1. The van der Waals surface area contributed by atoms with E-state index in [0.717, 1.165) is 31.0 Å². The Morgan fingerprint density at radius 2 is 2.00 bits per heavy atom. The maximum absolute atomic E-state index is 13.2. The third-order valence-electron chi connectivity index (χ3n) is 6.10. The van der Waals surface area contributed by atoms with Gasteiger partial charge in [0.1, 0.15) is 5.82 Å². The van der Waals surface area contributed by atoms with Gasteiger partial charge in [-0.25, -0.2) is 4.98 Å². The number of amides is 1. The molecule has 30 heavy (non-hydrogen) atoms. The van der Waals surface area contributed by atoms with Crippen LogP contribution in [0.1, 0.15) is 28.5 Å². The monoisotopic (exact) mass is 405 g/mol. The van der Waals surface area contributed by atoms with Gasteiger partial charge in [-0.15, -0.1) is 10.2 Å². The number of hydrogen-bond donors (Lipinski definition) is 1. The van der Waals surface area contributed by atoms with Crippen molar-refractivity contribution in [1.82, 2.24) is 29.6 Å². The van der Waals surface area contributed by atoms with Crippen LogP contribution >= 0.6 is 0 Å². The summed E-state index contributed by atoms with van der Waals surface area (Å²) in [4.78, 5) is 31.5. The lowest BCUT2D eigenvalue weighted by atomic mass is 9.83. The van der Waals surface area contributed by atoms with Gasteiger partial charge >= 0.3 is 0 Å². The summed E-state index contributed by atoms with van der Waals surface area (Å²) in [6.45, 7) is 2.26. The number of piperidine rings is 1. The van der Waals surface area contributed by atoms with E-state index in [4.69, 9.17) is 0 Å². The summed E-state index contributed by atoms with van der Waals surface area (Å²) in [5.74, 6) is 1.81. The normalized spacial score (nSPS) is 20.0. The number of aromatic nitrogens is 5. The van der Waals surface area contributed by atoms with Gasteiger partial charge in [0.2, 0.25) is 0 Å². The fourth-order valence-electron chi connectivity index (χ4n) is 4.67. The molecule has 5 rings (SSSR count). The van der Waals surface area contributed by atoms with Crippen molar-refractivity contribution in [3.05, 3.63) is 58.4 Å². The minimum Gasteiger partial charge on any atom is -0.354 e. The van der Waals surface area contributed by atoms with E-state index in [-0.39, 0.29) is 17.4 Å². The lowest BCUT2D eigenvalue weighted by Gasteiger charge is -2.43. The van der Waals surface area contributed by atoms with Crippen molar-refractivity contribution in [2.45, 2.75) is 18.9 Å². The first-order chi connectivity index (χ1) is 14.5. The zero-order chi connectivity index (χ0) is 20.8. The molecule has 9 nitrogen and oxygen atoms in total. The minimum atomic E-state index is -0.249. The van der Waals surface area contributed by atoms with Crippen molar-refractivity contribution in [2.24, 2.45) is 13.0 Å². The molecule has 1 fully saturated rings. The lowest BCUT2D eigenvalue weighted by Crippen LogP contribution is -2.47. The van der Waals surface area contributed by atoms with Gasteiger partial charge in [0.25, 0.3) is 11.5 Å². The summed E-state index contributed by atoms with van der Waals surface area (Å²) in [7, 11) is 3.47. The van der Waals surface area contributed by atoms with Crippen LogP contribution in [0.15, 0.2) is 41.5 Å². The van der Waals surface area contributed by atoms with E-state index in [0.29, 0.717) is 29.5 Å². The highest BCUT2D eigenvalue weighted by molar-refractivity contribution is 5.91. The highest BCUT2D eigenvalue weighted by Gasteiger charge is 2.35. The van der Waals surface area contributed by atoms with Crippen LogP contribution in [0, 0.1) is 5.92 Å². The molecule has 0 aliphatic carbocycles. The lowest BCUT2D eigenvalue weighted by molar-refractivity contribution is 0.0957. The molecular weight excluding hydrogens is 382 g/mol. The van der Waals surface area contributed by atoms with Gasteiger partial charge < -0.3 is 19.4 Å². The molecule has 1 N–H and O–H groups in total. The second-order valence-electron chi connectivity index (χ2n) is 8.01. The van der Waals surface area contributed by atoms with Crippen molar-refractivity contribution < 1.29 is 4.79 Å². The summed E-state index contributed by atoms with van der Waals surface area (Å²) in [6.07, 6.45) is 4.62. The van der Waals surface area contributed by atoms with Crippen molar-refractivity contribution in [2.75, 3.05) is 25.0 Å². The number of carbonyl (C=O) groups is 1.